The Morgan fingerprint density at radius 2 is 2.22 bits per heavy atom. The lowest BCUT2D eigenvalue weighted by atomic mass is 10.1. The molecule has 1 fully saturated rings. The fraction of sp³-hybridized carbons (Fsp3) is 0.462. The molecule has 1 aliphatic heterocycles. The summed E-state index contributed by atoms with van der Waals surface area (Å²) in [6.07, 6.45) is 0. The van der Waals surface area contributed by atoms with Crippen molar-refractivity contribution in [1.29, 1.82) is 0 Å². The molecule has 1 heterocycles. The molecular formula is C13H16BrNO3. The lowest BCUT2D eigenvalue weighted by Gasteiger charge is -2.39. The molecule has 2 rings (SSSR count). The minimum absolute atomic E-state index is 0.249. The second-order valence-electron chi connectivity index (χ2n) is 5.00. The van der Waals surface area contributed by atoms with Gasteiger partial charge in [-0.15, -0.1) is 0 Å². The molecule has 0 aliphatic carbocycles. The first-order valence-corrected chi connectivity index (χ1v) is 6.60. The van der Waals surface area contributed by atoms with E-state index in [9.17, 15) is 9.90 Å². The lowest BCUT2D eigenvalue weighted by Crippen LogP contribution is -2.48. The van der Waals surface area contributed by atoms with Gasteiger partial charge in [0.05, 0.1) is 23.5 Å². The molecule has 1 saturated heterocycles. The molecule has 98 valence electrons. The smallest absolute Gasteiger partial charge is 0.337 e. The maximum atomic E-state index is 11.3. The molecule has 0 amide bonds. The highest BCUT2D eigenvalue weighted by Gasteiger charge is 2.29. The first-order chi connectivity index (χ1) is 8.39. The van der Waals surface area contributed by atoms with Crippen LogP contribution in [0.2, 0.25) is 0 Å². The highest BCUT2D eigenvalue weighted by Crippen LogP contribution is 2.28. The van der Waals surface area contributed by atoms with Gasteiger partial charge in [-0.1, -0.05) is 15.9 Å². The summed E-state index contributed by atoms with van der Waals surface area (Å²) >= 11 is 3.30. The van der Waals surface area contributed by atoms with Crippen molar-refractivity contribution >= 4 is 27.6 Å². The first kappa shape index (κ1) is 13.4. The van der Waals surface area contributed by atoms with Crippen LogP contribution in [0.5, 0.6) is 0 Å². The number of ether oxygens (including phenoxy) is 1. The fourth-order valence-corrected chi connectivity index (χ4v) is 2.54. The number of morpholine rings is 1. The number of halogens is 1. The van der Waals surface area contributed by atoms with Crippen LogP contribution in [0.3, 0.4) is 0 Å². The van der Waals surface area contributed by atoms with Gasteiger partial charge < -0.3 is 14.7 Å². The van der Waals surface area contributed by atoms with Gasteiger partial charge in [-0.05, 0) is 32.0 Å². The second kappa shape index (κ2) is 4.90. The maximum Gasteiger partial charge on any atom is 0.337 e. The van der Waals surface area contributed by atoms with Crippen LogP contribution >= 0.6 is 15.9 Å². The summed E-state index contributed by atoms with van der Waals surface area (Å²) < 4.78 is 6.42. The summed E-state index contributed by atoms with van der Waals surface area (Å²) in [5.41, 5.74) is 0.824. The Balaban J connectivity index is 2.35. The Morgan fingerprint density at radius 3 is 2.83 bits per heavy atom. The molecule has 1 aliphatic rings. The van der Waals surface area contributed by atoms with Crippen LogP contribution in [-0.4, -0.2) is 36.4 Å². The third-order valence-corrected chi connectivity index (χ3v) is 3.45. The molecule has 1 aromatic rings. The van der Waals surface area contributed by atoms with Crippen LogP contribution in [0.15, 0.2) is 22.7 Å². The molecule has 0 radical (unpaired) electrons. The average Bonchev–Trinajstić information content (AvgIpc) is 2.27. The van der Waals surface area contributed by atoms with E-state index in [-0.39, 0.29) is 5.60 Å². The zero-order valence-corrected chi connectivity index (χ0v) is 12.0. The second-order valence-corrected chi connectivity index (χ2v) is 5.91. The van der Waals surface area contributed by atoms with Crippen LogP contribution in [0.25, 0.3) is 0 Å². The molecule has 0 aromatic heterocycles. The molecule has 0 bridgehead atoms. The molecule has 4 nitrogen and oxygen atoms in total. The summed E-state index contributed by atoms with van der Waals surface area (Å²) in [5, 5.41) is 9.27. The Bertz CT molecular complexity index is 473. The van der Waals surface area contributed by atoms with Crippen molar-refractivity contribution in [2.24, 2.45) is 0 Å². The van der Waals surface area contributed by atoms with E-state index < -0.39 is 5.97 Å². The highest BCUT2D eigenvalue weighted by atomic mass is 79.9. The Morgan fingerprint density at radius 1 is 1.50 bits per heavy atom. The predicted octanol–water partition coefficient (Wildman–Crippen LogP) is 2.76. The molecule has 1 aromatic carbocycles. The van der Waals surface area contributed by atoms with E-state index in [0.717, 1.165) is 10.2 Å². The van der Waals surface area contributed by atoms with Gasteiger partial charge in [-0.25, -0.2) is 4.79 Å². The summed E-state index contributed by atoms with van der Waals surface area (Å²) in [6.45, 7) is 6.04. The van der Waals surface area contributed by atoms with Gasteiger partial charge in [0, 0.05) is 17.6 Å². The van der Waals surface area contributed by atoms with Crippen molar-refractivity contribution in [2.45, 2.75) is 19.4 Å². The minimum Gasteiger partial charge on any atom is -0.478 e. The van der Waals surface area contributed by atoms with Crippen molar-refractivity contribution in [2.75, 3.05) is 24.6 Å². The van der Waals surface area contributed by atoms with E-state index in [1.807, 2.05) is 26.0 Å². The molecule has 18 heavy (non-hydrogen) atoms. The number of aromatic carboxylic acids is 1. The lowest BCUT2D eigenvalue weighted by molar-refractivity contribution is -0.0277. The third kappa shape index (κ3) is 2.84. The van der Waals surface area contributed by atoms with Crippen molar-refractivity contribution in [3.8, 4) is 0 Å². The first-order valence-electron chi connectivity index (χ1n) is 5.81. The number of carbonyl (C=O) groups is 1. The maximum absolute atomic E-state index is 11.3. The van der Waals surface area contributed by atoms with Crippen LogP contribution in [0, 0.1) is 0 Å². The van der Waals surface area contributed by atoms with Gasteiger partial charge in [0.1, 0.15) is 0 Å². The highest BCUT2D eigenvalue weighted by molar-refractivity contribution is 9.10. The topological polar surface area (TPSA) is 49.8 Å². The number of hydrogen-bond donors (Lipinski definition) is 1. The van der Waals surface area contributed by atoms with Crippen molar-refractivity contribution in [1.82, 2.24) is 0 Å². The molecule has 0 atom stereocenters. The number of rotatable bonds is 2. The van der Waals surface area contributed by atoms with Gasteiger partial charge >= 0.3 is 5.97 Å². The molecule has 5 heteroatoms. The summed E-state index contributed by atoms with van der Waals surface area (Å²) in [6, 6.07) is 5.35. The van der Waals surface area contributed by atoms with E-state index in [2.05, 4.69) is 20.8 Å². The molecule has 0 unspecified atom stereocenters. The van der Waals surface area contributed by atoms with E-state index >= 15 is 0 Å². The molecule has 0 spiro atoms. The van der Waals surface area contributed by atoms with Crippen LogP contribution < -0.4 is 4.90 Å². The van der Waals surface area contributed by atoms with Crippen molar-refractivity contribution in [3.05, 3.63) is 28.2 Å². The van der Waals surface area contributed by atoms with E-state index in [1.165, 1.54) is 0 Å². The molecular weight excluding hydrogens is 298 g/mol. The number of anilines is 1. The van der Waals surface area contributed by atoms with Gasteiger partial charge in [-0.2, -0.15) is 0 Å². The van der Waals surface area contributed by atoms with E-state index in [1.54, 1.807) is 6.07 Å². The Hall–Kier alpha value is -1.07. The van der Waals surface area contributed by atoms with Gasteiger partial charge in [0.25, 0.3) is 0 Å². The summed E-state index contributed by atoms with van der Waals surface area (Å²) in [7, 11) is 0. The number of benzene rings is 1. The van der Waals surface area contributed by atoms with Crippen LogP contribution in [-0.2, 0) is 4.74 Å². The average molecular weight is 314 g/mol. The molecule has 1 N–H and O–H groups in total. The number of hydrogen-bond acceptors (Lipinski definition) is 3. The Labute approximate surface area is 115 Å². The van der Waals surface area contributed by atoms with Crippen molar-refractivity contribution in [3.63, 3.8) is 0 Å². The quantitative estimate of drug-likeness (QED) is 0.912. The Kier molecular flexibility index (Phi) is 3.64. The zero-order valence-electron chi connectivity index (χ0n) is 10.4. The fourth-order valence-electron chi connectivity index (χ4n) is 2.18. The summed E-state index contributed by atoms with van der Waals surface area (Å²) in [5.74, 6) is -0.907. The normalized spacial score (nSPS) is 18.7. The van der Waals surface area contributed by atoms with Crippen LogP contribution in [0.4, 0.5) is 5.69 Å². The van der Waals surface area contributed by atoms with E-state index in [4.69, 9.17) is 4.74 Å². The number of nitrogens with zero attached hydrogens (tertiary/aromatic N) is 1. The van der Waals surface area contributed by atoms with Gasteiger partial charge in [0.15, 0.2) is 0 Å². The predicted molar refractivity (Wildman–Crippen MR) is 73.3 cm³/mol. The summed E-state index contributed by atoms with van der Waals surface area (Å²) in [4.78, 5) is 13.4. The largest absolute Gasteiger partial charge is 0.478 e. The van der Waals surface area contributed by atoms with Gasteiger partial charge in [0.2, 0.25) is 0 Å². The number of carboxylic acids is 1. The minimum atomic E-state index is -0.907. The van der Waals surface area contributed by atoms with Gasteiger partial charge in [-0.3, -0.25) is 0 Å². The third-order valence-electron chi connectivity index (χ3n) is 2.96. The molecule has 0 saturated carbocycles. The van der Waals surface area contributed by atoms with E-state index in [0.29, 0.717) is 25.3 Å². The van der Waals surface area contributed by atoms with Crippen molar-refractivity contribution < 1.29 is 14.6 Å². The monoisotopic (exact) mass is 313 g/mol. The standard InChI is InChI=1S/C13H16BrNO3/c1-13(2)8-15(5-6-18-13)11-4-3-9(14)7-10(11)12(16)17/h3-4,7H,5-6,8H2,1-2H3,(H,16,17). The van der Waals surface area contributed by atoms with Crippen LogP contribution in [0.1, 0.15) is 24.2 Å². The zero-order chi connectivity index (χ0) is 13.3. The SMILES string of the molecule is CC1(C)CN(c2ccc(Br)cc2C(=O)O)CCO1. The number of carboxylic acid groups (broad SMARTS) is 1.